The molecule has 18 heavy (non-hydrogen) atoms. The third-order valence-corrected chi connectivity index (χ3v) is 4.35. The van der Waals surface area contributed by atoms with Gasteiger partial charge in [0.1, 0.15) is 0 Å². The Morgan fingerprint density at radius 2 is 2.11 bits per heavy atom. The molecule has 1 saturated heterocycles. The summed E-state index contributed by atoms with van der Waals surface area (Å²) in [6.45, 7) is 8.82. The molecule has 1 aliphatic rings. The van der Waals surface area contributed by atoms with Crippen LogP contribution in [0.4, 0.5) is 0 Å². The Kier molecular flexibility index (Phi) is 7.15. The van der Waals surface area contributed by atoms with Crippen LogP contribution >= 0.6 is 0 Å². The van der Waals surface area contributed by atoms with Crippen LogP contribution in [-0.4, -0.2) is 54.4 Å². The topological polar surface area (TPSA) is 61.5 Å². The molecule has 2 unspecified atom stereocenters. The van der Waals surface area contributed by atoms with Gasteiger partial charge in [-0.15, -0.1) is 0 Å². The number of hydrogen-bond donors (Lipinski definition) is 3. The molecule has 1 aliphatic heterocycles. The summed E-state index contributed by atoms with van der Waals surface area (Å²) >= 11 is 0. The Balaban J connectivity index is 2.60. The summed E-state index contributed by atoms with van der Waals surface area (Å²) in [5, 5.41) is 12.9. The van der Waals surface area contributed by atoms with E-state index in [2.05, 4.69) is 24.1 Å². The lowest BCUT2D eigenvalue weighted by atomic mass is 9.89. The largest absolute Gasteiger partial charge is 0.396 e. The quantitative estimate of drug-likeness (QED) is 0.635. The second-order valence-electron chi connectivity index (χ2n) is 5.53. The van der Waals surface area contributed by atoms with E-state index in [1.165, 1.54) is 13.0 Å². The van der Waals surface area contributed by atoms with Gasteiger partial charge in [-0.25, -0.2) is 0 Å². The van der Waals surface area contributed by atoms with Gasteiger partial charge in [-0.05, 0) is 51.7 Å². The van der Waals surface area contributed by atoms with Crippen LogP contribution in [0, 0.1) is 0 Å². The van der Waals surface area contributed by atoms with Crippen LogP contribution in [-0.2, 0) is 0 Å². The van der Waals surface area contributed by atoms with Gasteiger partial charge in [0.2, 0.25) is 0 Å². The summed E-state index contributed by atoms with van der Waals surface area (Å²) < 4.78 is 0. The van der Waals surface area contributed by atoms with Crippen LogP contribution in [0.25, 0.3) is 0 Å². The molecule has 0 saturated carbocycles. The van der Waals surface area contributed by atoms with E-state index >= 15 is 0 Å². The zero-order chi connectivity index (χ0) is 13.4. The minimum atomic E-state index is 0.0831. The van der Waals surface area contributed by atoms with Gasteiger partial charge in [0, 0.05) is 24.7 Å². The van der Waals surface area contributed by atoms with Crippen molar-refractivity contribution in [3.05, 3.63) is 0 Å². The molecule has 0 bridgehead atoms. The standard InChI is InChI=1S/C14H31N3O/c1-3-13(6-11-18)16-14(12-15)7-5-9-17(4-2)10-8-14/h13,16,18H,3-12,15H2,1-2H3. The summed E-state index contributed by atoms with van der Waals surface area (Å²) in [6, 6.07) is 0.395. The van der Waals surface area contributed by atoms with Crippen LogP contribution in [0.5, 0.6) is 0 Å². The van der Waals surface area contributed by atoms with Gasteiger partial charge in [0.15, 0.2) is 0 Å². The molecule has 4 nitrogen and oxygen atoms in total. The van der Waals surface area contributed by atoms with E-state index in [1.54, 1.807) is 0 Å². The number of nitrogens with one attached hydrogen (secondary N) is 1. The number of nitrogens with zero attached hydrogens (tertiary/aromatic N) is 1. The lowest BCUT2D eigenvalue weighted by molar-refractivity contribution is 0.208. The number of likely N-dealkylation sites (tertiary alicyclic amines) is 1. The van der Waals surface area contributed by atoms with Crippen LogP contribution in [0.3, 0.4) is 0 Å². The van der Waals surface area contributed by atoms with Crippen LogP contribution in [0.15, 0.2) is 0 Å². The number of rotatable bonds is 7. The average Bonchev–Trinajstić information content (AvgIpc) is 2.61. The Hall–Kier alpha value is -0.160. The maximum atomic E-state index is 9.11. The number of hydrogen-bond acceptors (Lipinski definition) is 4. The fourth-order valence-corrected chi connectivity index (χ4v) is 2.94. The molecule has 0 aromatic rings. The molecule has 0 spiro atoms. The molecule has 0 aromatic heterocycles. The van der Waals surface area contributed by atoms with E-state index in [0.717, 1.165) is 38.8 Å². The molecular formula is C14H31N3O. The maximum Gasteiger partial charge on any atom is 0.0445 e. The van der Waals surface area contributed by atoms with Crippen LogP contribution in [0.2, 0.25) is 0 Å². The lowest BCUT2D eigenvalue weighted by Crippen LogP contribution is -2.55. The molecule has 1 heterocycles. The first-order chi connectivity index (χ1) is 8.69. The highest BCUT2D eigenvalue weighted by Crippen LogP contribution is 2.23. The van der Waals surface area contributed by atoms with Gasteiger partial charge in [-0.2, -0.15) is 0 Å². The summed E-state index contributed by atoms with van der Waals surface area (Å²) in [5.41, 5.74) is 6.13. The van der Waals surface area contributed by atoms with Crippen LogP contribution in [0.1, 0.15) is 46.0 Å². The highest BCUT2D eigenvalue weighted by atomic mass is 16.3. The van der Waals surface area contributed by atoms with Crippen molar-refractivity contribution >= 4 is 0 Å². The smallest absolute Gasteiger partial charge is 0.0445 e. The first kappa shape index (κ1) is 15.9. The molecule has 0 amide bonds. The summed E-state index contributed by atoms with van der Waals surface area (Å²) in [4.78, 5) is 2.51. The normalized spacial score (nSPS) is 28.0. The molecule has 0 aromatic carbocycles. The molecule has 108 valence electrons. The zero-order valence-corrected chi connectivity index (χ0v) is 12.1. The Morgan fingerprint density at radius 3 is 2.67 bits per heavy atom. The van der Waals surface area contributed by atoms with E-state index < -0.39 is 0 Å². The van der Waals surface area contributed by atoms with Gasteiger partial charge in [0.05, 0.1) is 0 Å². The lowest BCUT2D eigenvalue weighted by Gasteiger charge is -2.36. The minimum Gasteiger partial charge on any atom is -0.396 e. The van der Waals surface area contributed by atoms with Crippen molar-refractivity contribution in [2.24, 2.45) is 5.73 Å². The second-order valence-corrected chi connectivity index (χ2v) is 5.53. The number of aliphatic hydroxyl groups excluding tert-OH is 1. The molecular weight excluding hydrogens is 226 g/mol. The molecule has 0 radical (unpaired) electrons. The Morgan fingerprint density at radius 1 is 1.33 bits per heavy atom. The number of nitrogens with two attached hydrogens (primary N) is 1. The predicted molar refractivity (Wildman–Crippen MR) is 76.7 cm³/mol. The van der Waals surface area contributed by atoms with Crippen molar-refractivity contribution in [2.75, 3.05) is 32.8 Å². The first-order valence-corrected chi connectivity index (χ1v) is 7.50. The van der Waals surface area contributed by atoms with E-state index in [-0.39, 0.29) is 12.1 Å². The van der Waals surface area contributed by atoms with Crippen molar-refractivity contribution < 1.29 is 5.11 Å². The zero-order valence-electron chi connectivity index (χ0n) is 12.1. The van der Waals surface area contributed by atoms with Gasteiger partial charge >= 0.3 is 0 Å². The third-order valence-electron chi connectivity index (χ3n) is 4.35. The fourth-order valence-electron chi connectivity index (χ4n) is 2.94. The van der Waals surface area contributed by atoms with Crippen molar-refractivity contribution in [2.45, 2.75) is 57.5 Å². The summed E-state index contributed by atoms with van der Waals surface area (Å²) in [6.07, 6.45) is 5.38. The maximum absolute atomic E-state index is 9.11. The average molecular weight is 257 g/mol. The predicted octanol–water partition coefficient (Wildman–Crippen LogP) is 0.940. The summed E-state index contributed by atoms with van der Waals surface area (Å²) in [7, 11) is 0. The van der Waals surface area contributed by atoms with Crippen molar-refractivity contribution in [3.63, 3.8) is 0 Å². The second kappa shape index (κ2) is 8.10. The van der Waals surface area contributed by atoms with Gasteiger partial charge in [0.25, 0.3) is 0 Å². The molecule has 1 rings (SSSR count). The van der Waals surface area contributed by atoms with Crippen molar-refractivity contribution in [1.82, 2.24) is 10.2 Å². The van der Waals surface area contributed by atoms with Crippen molar-refractivity contribution in [3.8, 4) is 0 Å². The fraction of sp³-hybridized carbons (Fsp3) is 1.00. The van der Waals surface area contributed by atoms with E-state index in [1.807, 2.05) is 0 Å². The number of aliphatic hydroxyl groups is 1. The van der Waals surface area contributed by atoms with E-state index in [0.29, 0.717) is 12.6 Å². The van der Waals surface area contributed by atoms with Gasteiger partial charge in [-0.1, -0.05) is 13.8 Å². The highest BCUT2D eigenvalue weighted by molar-refractivity contribution is 4.94. The van der Waals surface area contributed by atoms with Gasteiger partial charge < -0.3 is 21.1 Å². The molecule has 1 fully saturated rings. The third kappa shape index (κ3) is 4.50. The Bertz CT molecular complexity index is 225. The molecule has 2 atom stereocenters. The molecule has 4 heteroatoms. The summed E-state index contributed by atoms with van der Waals surface area (Å²) in [5.74, 6) is 0. The van der Waals surface area contributed by atoms with Gasteiger partial charge in [-0.3, -0.25) is 0 Å². The van der Waals surface area contributed by atoms with Crippen molar-refractivity contribution in [1.29, 1.82) is 0 Å². The highest BCUT2D eigenvalue weighted by Gasteiger charge is 2.32. The Labute approximate surface area is 112 Å². The van der Waals surface area contributed by atoms with Crippen LogP contribution < -0.4 is 11.1 Å². The monoisotopic (exact) mass is 257 g/mol. The first-order valence-electron chi connectivity index (χ1n) is 7.50. The molecule has 0 aliphatic carbocycles. The molecule has 4 N–H and O–H groups in total. The van der Waals surface area contributed by atoms with E-state index in [9.17, 15) is 0 Å². The SMILES string of the molecule is CCC(CCO)NC1(CN)CCCN(CC)CC1. The van der Waals surface area contributed by atoms with E-state index in [4.69, 9.17) is 10.8 Å². The minimum absolute atomic E-state index is 0.0831.